The number of aromatic hydroxyl groups is 1. The summed E-state index contributed by atoms with van der Waals surface area (Å²) in [6.07, 6.45) is 2.73. The summed E-state index contributed by atoms with van der Waals surface area (Å²) >= 11 is 1.64. The fourth-order valence-corrected chi connectivity index (χ4v) is 7.30. The van der Waals surface area contributed by atoms with Gasteiger partial charge in [0, 0.05) is 119 Å². The van der Waals surface area contributed by atoms with Crippen LogP contribution in [0.3, 0.4) is 0 Å². The molecule has 448 valence electrons. The largest absolute Gasteiger partial charge is 0.508 e. The number of aliphatic hydroxyl groups excluding tert-OH is 2. The summed E-state index contributed by atoms with van der Waals surface area (Å²) in [6, 6.07) is 29.7. The first kappa shape index (κ1) is 71.1. The second kappa shape index (κ2) is 33.6. The topological polar surface area (TPSA) is 520 Å². The highest BCUT2D eigenvalue weighted by molar-refractivity contribution is 7.98. The number of hydrogen-bond donors (Lipinski definition) is 20. The van der Waals surface area contributed by atoms with Gasteiger partial charge in [-0.3, -0.25) is 4.79 Å². The van der Waals surface area contributed by atoms with E-state index in [0.29, 0.717) is 68.1 Å². The molecular weight excluding hydrogens is 1070 g/mol. The van der Waals surface area contributed by atoms with Crippen molar-refractivity contribution in [1.29, 1.82) is 0 Å². The molecule has 0 amide bonds. The zero-order valence-corrected chi connectivity index (χ0v) is 50.1. The van der Waals surface area contributed by atoms with Crippen LogP contribution in [0.15, 0.2) is 108 Å². The number of thioether (sulfide) groups is 1. The van der Waals surface area contributed by atoms with E-state index < -0.39 is 0 Å². The van der Waals surface area contributed by atoms with E-state index in [1.807, 2.05) is 111 Å². The van der Waals surface area contributed by atoms with Crippen LogP contribution >= 0.6 is 11.8 Å². The maximum atomic E-state index is 10.3. The van der Waals surface area contributed by atoms with Crippen molar-refractivity contribution in [3.8, 4) is 5.75 Å². The molecule has 0 bridgehead atoms. The normalized spacial score (nSPS) is 9.78. The van der Waals surface area contributed by atoms with Crippen molar-refractivity contribution >= 4 is 115 Å². The molecule has 0 aliphatic rings. The van der Waals surface area contributed by atoms with Crippen molar-refractivity contribution < 1.29 is 20.1 Å². The maximum absolute atomic E-state index is 10.3. The standard InChI is InChI=1S/C8H12N2O.C8H10N2O.C8H12N2O.C8H12N2S.C8H12N2.C7H11N3.C7H10N2O.C7H10N2/c2*1-5-7(9)2-6(4-11)3-8(5)10;1-5-7(9)3-2-6(4-11)8(5)10;1-5-6(9)3-4-7(11-2)8(5)10;1-5-3-7(9)6(2)8(10)4-5;1-4-6(9)2-5(8)3-7(4)10;1-4-6(8)2-5(10)3-7(4)9;1-5-6(8)3-2-4-7(5)9/h2-3,11H,4,9-10H2,1H3;2-4H,9-10H2,1H3;2-3,11H,4,9-10H2,1H3;3-4H,9-10H2,1-2H3;3-4H,9-10H2,1-2H3;2-3H,8-10H2,1H3;2-3,10H,8-9H2,1H3;2-4H,8-9H2,1H3. The number of nitrogens with two attached hydrogens (primary N) is 17. The molecule has 83 heavy (non-hydrogen) atoms. The van der Waals surface area contributed by atoms with Crippen molar-refractivity contribution in [2.24, 2.45) is 0 Å². The molecule has 21 nitrogen and oxygen atoms in total. The van der Waals surface area contributed by atoms with Crippen LogP contribution in [0.4, 0.5) is 96.7 Å². The summed E-state index contributed by atoms with van der Waals surface area (Å²) in [5.41, 5.74) is 116. The highest BCUT2D eigenvalue weighted by atomic mass is 32.2. The van der Waals surface area contributed by atoms with E-state index in [-0.39, 0.29) is 19.0 Å². The lowest BCUT2D eigenvalue weighted by Crippen LogP contribution is -2.00. The van der Waals surface area contributed by atoms with Crippen molar-refractivity contribution in [1.82, 2.24) is 0 Å². The van der Waals surface area contributed by atoms with E-state index >= 15 is 0 Å². The molecule has 8 aromatic carbocycles. The fraction of sp³-hybridized carbons (Fsp3) is 0.197. The van der Waals surface area contributed by atoms with Crippen LogP contribution in [-0.2, 0) is 13.2 Å². The molecule has 0 fully saturated rings. The van der Waals surface area contributed by atoms with Gasteiger partial charge in [0.05, 0.1) is 18.9 Å². The van der Waals surface area contributed by atoms with E-state index in [1.165, 1.54) is 12.1 Å². The Balaban J connectivity index is 0.000000475. The Bertz CT molecular complexity index is 3120. The number of aliphatic hydroxyl groups is 2. The van der Waals surface area contributed by atoms with Crippen LogP contribution in [0, 0.1) is 62.3 Å². The molecule has 0 radical (unpaired) electrons. The van der Waals surface area contributed by atoms with Gasteiger partial charge in [-0.2, -0.15) is 0 Å². The minimum Gasteiger partial charge on any atom is -0.508 e. The van der Waals surface area contributed by atoms with Crippen molar-refractivity contribution in [3.05, 3.63) is 170 Å². The fourth-order valence-electron chi connectivity index (χ4n) is 6.72. The van der Waals surface area contributed by atoms with Gasteiger partial charge < -0.3 is 113 Å². The predicted molar refractivity (Wildman–Crippen MR) is 360 cm³/mol. The predicted octanol–water partition coefficient (Wildman–Crippen LogP) is 8.39. The van der Waals surface area contributed by atoms with E-state index in [9.17, 15) is 4.79 Å². The van der Waals surface area contributed by atoms with Gasteiger partial charge in [-0.25, -0.2) is 0 Å². The van der Waals surface area contributed by atoms with Gasteiger partial charge >= 0.3 is 0 Å². The Labute approximate surface area is 492 Å². The number of benzene rings is 8. The molecule has 0 aliphatic carbocycles. The van der Waals surface area contributed by atoms with Gasteiger partial charge in [0.2, 0.25) is 0 Å². The quantitative estimate of drug-likeness (QED) is 0.0446. The summed E-state index contributed by atoms with van der Waals surface area (Å²) in [5.74, 6) is 0.112. The van der Waals surface area contributed by atoms with Gasteiger partial charge in [-0.1, -0.05) is 12.1 Å². The summed E-state index contributed by atoms with van der Waals surface area (Å²) in [4.78, 5) is 11.4. The number of aryl methyl sites for hydroxylation is 1. The van der Waals surface area contributed by atoms with Crippen molar-refractivity contribution in [2.75, 3.05) is 104 Å². The molecule has 0 heterocycles. The first-order valence-corrected chi connectivity index (χ1v) is 26.7. The molecular formula is C61H89N17O4S. The monoisotopic (exact) mass is 1160 g/mol. The number of carbonyl (C=O) groups excluding carboxylic acids is 1. The molecule has 8 aromatic rings. The molecule has 0 saturated carbocycles. The molecule has 22 heteroatoms. The highest BCUT2D eigenvalue weighted by Crippen LogP contribution is 2.30. The lowest BCUT2D eigenvalue weighted by molar-refractivity contribution is 0.112. The van der Waals surface area contributed by atoms with Crippen molar-refractivity contribution in [2.45, 2.75) is 80.4 Å². The molecule has 0 atom stereocenters. The van der Waals surface area contributed by atoms with E-state index in [2.05, 4.69) is 0 Å². The third-order valence-corrected chi connectivity index (χ3v) is 13.8. The number of rotatable bonds is 4. The Hall–Kier alpha value is -9.90. The summed E-state index contributed by atoms with van der Waals surface area (Å²) in [7, 11) is 0. The SMILES string of the molecule is CSc1ccc(N)c(C)c1N.Cc1c(N)cc(C=O)cc1N.Cc1c(N)cc(CO)cc1N.Cc1c(N)cc(N)cc1N.Cc1c(N)cc(O)cc1N.Cc1c(N)ccc(CO)c1N.Cc1c(N)cccc1N.Cc1cc(N)c(C)c(N)c1. The smallest absolute Gasteiger partial charge is 0.150 e. The molecule has 37 N–H and O–H groups in total. The van der Waals surface area contributed by atoms with Crippen LogP contribution < -0.4 is 97.5 Å². The lowest BCUT2D eigenvalue weighted by Gasteiger charge is -2.07. The van der Waals surface area contributed by atoms with Gasteiger partial charge in [-0.05, 0) is 203 Å². The molecule has 0 unspecified atom stereocenters. The highest BCUT2D eigenvalue weighted by Gasteiger charge is 2.06. The molecule has 0 aromatic heterocycles. The van der Waals surface area contributed by atoms with Crippen LogP contribution in [-0.4, -0.2) is 27.9 Å². The Morgan fingerprint density at radius 3 is 1.06 bits per heavy atom. The first-order valence-electron chi connectivity index (χ1n) is 25.4. The number of phenolic OH excluding ortho intramolecular Hbond substituents is 1. The summed E-state index contributed by atoms with van der Waals surface area (Å²) < 4.78 is 0. The Morgan fingerprint density at radius 2 is 0.699 bits per heavy atom. The average molecular weight is 1160 g/mol. The Kier molecular flexibility index (Phi) is 28.8. The third-order valence-electron chi connectivity index (χ3n) is 13.0. The third kappa shape index (κ3) is 22.3. The van der Waals surface area contributed by atoms with Crippen LogP contribution in [0.2, 0.25) is 0 Å². The molecule has 0 saturated heterocycles. The van der Waals surface area contributed by atoms with Crippen LogP contribution in [0.1, 0.15) is 71.6 Å². The van der Waals surface area contributed by atoms with Crippen molar-refractivity contribution in [3.63, 3.8) is 0 Å². The number of anilines is 17. The van der Waals surface area contributed by atoms with Gasteiger partial charge in [0.15, 0.2) is 0 Å². The molecule has 0 aliphatic heterocycles. The number of phenols is 1. The second-order valence-corrected chi connectivity index (χ2v) is 20.0. The lowest BCUT2D eigenvalue weighted by atomic mass is 10.1. The van der Waals surface area contributed by atoms with Crippen LogP contribution in [0.5, 0.6) is 5.75 Å². The summed E-state index contributed by atoms with van der Waals surface area (Å²) in [6.45, 7) is 16.9. The number of hydrogen-bond acceptors (Lipinski definition) is 22. The Morgan fingerprint density at radius 1 is 0.373 bits per heavy atom. The van der Waals surface area contributed by atoms with E-state index in [0.717, 1.165) is 107 Å². The minimum atomic E-state index is -0.0348. The number of aldehydes is 1. The van der Waals surface area contributed by atoms with Gasteiger partial charge in [-0.15, -0.1) is 11.8 Å². The zero-order valence-electron chi connectivity index (χ0n) is 49.3. The van der Waals surface area contributed by atoms with E-state index in [1.54, 1.807) is 60.3 Å². The van der Waals surface area contributed by atoms with Gasteiger partial charge in [0.1, 0.15) is 12.0 Å². The average Bonchev–Trinajstić information content (AvgIpc) is 3.49. The maximum Gasteiger partial charge on any atom is 0.150 e. The van der Waals surface area contributed by atoms with Gasteiger partial charge in [0.25, 0.3) is 0 Å². The minimum absolute atomic E-state index is 0.0192. The number of carbonyl (C=O) groups is 1. The molecule has 8 rings (SSSR count). The summed E-state index contributed by atoms with van der Waals surface area (Å²) in [5, 5.41) is 26.5. The zero-order chi connectivity index (χ0) is 63.7. The molecule has 0 spiro atoms. The van der Waals surface area contributed by atoms with E-state index in [4.69, 9.17) is 113 Å². The van der Waals surface area contributed by atoms with Crippen LogP contribution in [0.25, 0.3) is 0 Å². The number of nitrogen functional groups attached to an aromatic ring is 17. The second-order valence-electron chi connectivity index (χ2n) is 19.1. The first-order chi connectivity index (χ1) is 38.7.